The first-order valence-electron chi connectivity index (χ1n) is 9.59. The number of rotatable bonds is 9. The van der Waals surface area contributed by atoms with Crippen molar-refractivity contribution in [1.82, 2.24) is 10.2 Å². The van der Waals surface area contributed by atoms with Gasteiger partial charge in [-0.25, -0.2) is 4.79 Å². The van der Waals surface area contributed by atoms with Crippen molar-refractivity contribution >= 4 is 23.6 Å². The number of benzene rings is 1. The number of hydrogen-bond donors (Lipinski definition) is 3. The summed E-state index contributed by atoms with van der Waals surface area (Å²) < 4.78 is 5.35. The van der Waals surface area contributed by atoms with E-state index in [1.165, 1.54) is 0 Å². The van der Waals surface area contributed by atoms with Crippen molar-refractivity contribution < 1.29 is 34.1 Å². The van der Waals surface area contributed by atoms with Gasteiger partial charge in [-0.2, -0.15) is 0 Å². The molecular weight excluding hydrogens is 380 g/mol. The number of β-lactam (4-membered cyclic amide) rings is 1. The molecule has 2 heterocycles. The van der Waals surface area contributed by atoms with Crippen molar-refractivity contribution in [2.75, 3.05) is 6.61 Å². The molecule has 2 saturated heterocycles. The number of carboxylic acid groups (broad SMARTS) is 1. The fourth-order valence-corrected chi connectivity index (χ4v) is 3.74. The summed E-state index contributed by atoms with van der Waals surface area (Å²) in [6.07, 6.45) is -0.793. The number of carbonyl (C=O) groups excluding carboxylic acids is 3. The Morgan fingerprint density at radius 2 is 1.97 bits per heavy atom. The predicted octanol–water partition coefficient (Wildman–Crippen LogP) is -0.144. The Morgan fingerprint density at radius 3 is 2.59 bits per heavy atom. The van der Waals surface area contributed by atoms with Gasteiger partial charge in [-0.3, -0.25) is 19.3 Å². The maximum Gasteiger partial charge on any atom is 0.354 e. The topological polar surface area (TPSA) is 133 Å². The Morgan fingerprint density at radius 1 is 1.24 bits per heavy atom. The fraction of sp³-hybridized carbons (Fsp3) is 0.500. The van der Waals surface area contributed by atoms with Crippen molar-refractivity contribution in [2.45, 2.75) is 56.5 Å². The van der Waals surface area contributed by atoms with Crippen molar-refractivity contribution in [3.63, 3.8) is 0 Å². The second kappa shape index (κ2) is 9.15. The van der Waals surface area contributed by atoms with Gasteiger partial charge in [0.15, 0.2) is 5.78 Å². The third kappa shape index (κ3) is 4.80. The van der Waals surface area contributed by atoms with E-state index in [1.54, 1.807) is 24.3 Å². The van der Waals surface area contributed by atoms with Crippen molar-refractivity contribution in [3.8, 4) is 0 Å². The van der Waals surface area contributed by atoms with Crippen LogP contribution in [0.1, 0.15) is 31.2 Å². The number of amides is 2. The quantitative estimate of drug-likeness (QED) is 0.488. The summed E-state index contributed by atoms with van der Waals surface area (Å²) in [4.78, 5) is 48.9. The molecule has 9 nitrogen and oxygen atoms in total. The molecule has 1 aromatic rings. The summed E-state index contributed by atoms with van der Waals surface area (Å²) >= 11 is 0. The van der Waals surface area contributed by atoms with Gasteiger partial charge in [0.25, 0.3) is 0 Å². The minimum atomic E-state index is -2.02. The van der Waals surface area contributed by atoms with Crippen LogP contribution in [0.15, 0.2) is 30.3 Å². The van der Waals surface area contributed by atoms with Crippen LogP contribution in [0.5, 0.6) is 0 Å². The van der Waals surface area contributed by atoms with Crippen LogP contribution in [0.2, 0.25) is 0 Å². The first-order chi connectivity index (χ1) is 13.9. The summed E-state index contributed by atoms with van der Waals surface area (Å²) in [5.41, 5.74) is 0.768. The van der Waals surface area contributed by atoms with Crippen molar-refractivity contribution in [2.24, 2.45) is 0 Å². The normalized spacial score (nSPS) is 24.7. The number of aliphatic hydroxyl groups excluding tert-OH is 1. The first kappa shape index (κ1) is 20.9. The molecule has 3 N–H and O–H groups in total. The second-order valence-corrected chi connectivity index (χ2v) is 7.24. The summed E-state index contributed by atoms with van der Waals surface area (Å²) in [5, 5.41) is 21.5. The van der Waals surface area contributed by atoms with Gasteiger partial charge < -0.3 is 20.3 Å². The number of nitrogens with zero attached hydrogens (tertiary/aromatic N) is 1. The number of ether oxygens (including phenoxy) is 1. The molecule has 2 fully saturated rings. The zero-order valence-corrected chi connectivity index (χ0v) is 15.8. The maximum absolute atomic E-state index is 12.4. The highest BCUT2D eigenvalue weighted by Crippen LogP contribution is 2.28. The summed E-state index contributed by atoms with van der Waals surface area (Å²) in [6.45, 7) is 0.528. The number of hydrogen-bond acceptors (Lipinski definition) is 6. The third-order valence-corrected chi connectivity index (χ3v) is 5.25. The smallest absolute Gasteiger partial charge is 0.354 e. The Balaban J connectivity index is 1.63. The van der Waals surface area contributed by atoms with Gasteiger partial charge in [-0.05, 0) is 24.8 Å². The van der Waals surface area contributed by atoms with Gasteiger partial charge in [-0.15, -0.1) is 0 Å². The Kier molecular flexibility index (Phi) is 6.60. The number of Topliss-reactive ketones (excluding diaryl/α,β-unsaturated/α-hetero) is 1. The summed E-state index contributed by atoms with van der Waals surface area (Å²) in [5.74, 6) is -2.77. The molecule has 3 rings (SSSR count). The lowest BCUT2D eigenvalue weighted by atomic mass is 9.88. The molecule has 0 radical (unpaired) electrons. The van der Waals surface area contributed by atoms with Crippen LogP contribution < -0.4 is 5.32 Å². The van der Waals surface area contributed by atoms with Gasteiger partial charge in [0.1, 0.15) is 12.1 Å². The van der Waals surface area contributed by atoms with Crippen LogP contribution in [-0.2, 0) is 30.3 Å². The summed E-state index contributed by atoms with van der Waals surface area (Å²) in [7, 11) is 0. The number of likely N-dealkylation sites (tertiary alicyclic amines) is 1. The molecule has 4 atom stereocenters. The number of carboxylic acids is 1. The molecule has 2 aliphatic rings. The maximum atomic E-state index is 12.4. The van der Waals surface area contributed by atoms with Gasteiger partial charge in [0.05, 0.1) is 12.5 Å². The highest BCUT2D eigenvalue weighted by atomic mass is 16.5. The highest BCUT2D eigenvalue weighted by Gasteiger charge is 2.52. The van der Waals surface area contributed by atoms with Gasteiger partial charge in [0.2, 0.25) is 18.0 Å². The summed E-state index contributed by atoms with van der Waals surface area (Å²) in [6, 6.07) is 7.21. The van der Waals surface area contributed by atoms with E-state index >= 15 is 0 Å². The molecule has 0 aliphatic carbocycles. The minimum Gasteiger partial charge on any atom is -0.478 e. The average Bonchev–Trinajstić information content (AvgIpc) is 3.24. The molecule has 2 aliphatic heterocycles. The molecule has 156 valence electrons. The Hall–Kier alpha value is -2.78. The van der Waals surface area contributed by atoms with Crippen molar-refractivity contribution in [1.29, 1.82) is 0 Å². The monoisotopic (exact) mass is 404 g/mol. The highest BCUT2D eigenvalue weighted by molar-refractivity contribution is 5.96. The number of ketones is 1. The Bertz CT molecular complexity index is 776. The lowest BCUT2D eigenvalue weighted by Gasteiger charge is -2.48. The molecule has 0 unspecified atom stereocenters. The van der Waals surface area contributed by atoms with Crippen LogP contribution in [0.25, 0.3) is 0 Å². The van der Waals surface area contributed by atoms with Crippen LogP contribution in [-0.4, -0.2) is 69.7 Å². The zero-order valence-electron chi connectivity index (χ0n) is 15.8. The van der Waals surface area contributed by atoms with Gasteiger partial charge >= 0.3 is 5.97 Å². The van der Waals surface area contributed by atoms with Crippen LogP contribution in [0.4, 0.5) is 0 Å². The average molecular weight is 404 g/mol. The number of nitrogens with one attached hydrogen (secondary N) is 1. The molecule has 9 heteroatoms. The second-order valence-electron chi connectivity index (χ2n) is 7.24. The standard InChI is InChI=1S/C20H24N2O7/c23-14(15-7-4-10-29-15)9-8-13-17(18(25)22(13)19(26)20(27)28)21-16(24)11-12-5-2-1-3-6-12/h1-3,5-6,13,15,17,19,26H,4,7-11H2,(H,21,24)(H,27,28)/t13-,15+,17+,19+/m1/s1. The molecule has 0 spiro atoms. The molecule has 0 saturated carbocycles. The molecule has 0 bridgehead atoms. The third-order valence-electron chi connectivity index (χ3n) is 5.25. The van der Waals surface area contributed by atoms with E-state index in [4.69, 9.17) is 9.84 Å². The van der Waals surface area contributed by atoms with E-state index < -0.39 is 42.2 Å². The SMILES string of the molecule is O=C(Cc1ccccc1)N[C@@H]1C(=O)N([C@@H](O)C(=O)O)[C@@H]1CCC(=O)[C@@H]1CCCO1. The number of aliphatic carboxylic acids is 1. The zero-order chi connectivity index (χ0) is 21.0. The first-order valence-corrected chi connectivity index (χ1v) is 9.59. The van der Waals surface area contributed by atoms with Crippen LogP contribution in [0, 0.1) is 0 Å². The molecular formula is C20H24N2O7. The van der Waals surface area contributed by atoms with Gasteiger partial charge in [0, 0.05) is 13.0 Å². The van der Waals surface area contributed by atoms with Crippen LogP contribution in [0.3, 0.4) is 0 Å². The molecule has 0 aromatic heterocycles. The van der Waals surface area contributed by atoms with Crippen LogP contribution >= 0.6 is 0 Å². The lowest BCUT2D eigenvalue weighted by Crippen LogP contribution is -2.74. The number of aliphatic hydroxyl groups is 1. The molecule has 2 amide bonds. The lowest BCUT2D eigenvalue weighted by molar-refractivity contribution is -0.184. The van der Waals surface area contributed by atoms with Crippen molar-refractivity contribution in [3.05, 3.63) is 35.9 Å². The molecule has 29 heavy (non-hydrogen) atoms. The Labute approximate surface area is 167 Å². The van der Waals surface area contributed by atoms with E-state index in [2.05, 4.69) is 5.32 Å². The fourth-order valence-electron chi connectivity index (χ4n) is 3.74. The van der Waals surface area contributed by atoms with E-state index in [1.807, 2.05) is 6.07 Å². The minimum absolute atomic E-state index is 0.0632. The number of carbonyl (C=O) groups is 4. The van der Waals surface area contributed by atoms with E-state index in [0.29, 0.717) is 13.0 Å². The van der Waals surface area contributed by atoms with E-state index in [-0.39, 0.29) is 25.0 Å². The predicted molar refractivity (Wildman–Crippen MR) is 99.6 cm³/mol. The molecule has 1 aromatic carbocycles. The van der Waals surface area contributed by atoms with Gasteiger partial charge in [-0.1, -0.05) is 30.3 Å². The van der Waals surface area contributed by atoms with E-state index in [9.17, 15) is 24.3 Å². The van der Waals surface area contributed by atoms with E-state index in [0.717, 1.165) is 16.9 Å². The largest absolute Gasteiger partial charge is 0.478 e.